The number of rotatable bonds is 6. The number of aryl methyl sites for hydroxylation is 1. The van der Waals surface area contributed by atoms with Crippen LogP contribution in [-0.2, 0) is 4.79 Å². The van der Waals surface area contributed by atoms with Gasteiger partial charge in [-0.3, -0.25) is 25.2 Å². The lowest BCUT2D eigenvalue weighted by Gasteiger charge is -2.22. The maximum atomic E-state index is 12.6. The third kappa shape index (κ3) is 5.71. The number of amides is 3. The highest BCUT2D eigenvalue weighted by Gasteiger charge is 2.26. The lowest BCUT2D eigenvalue weighted by atomic mass is 10.0. The second-order valence-electron chi connectivity index (χ2n) is 6.80. The molecule has 3 amide bonds. The highest BCUT2D eigenvalue weighted by atomic mass is 35.5. The van der Waals surface area contributed by atoms with E-state index in [0.29, 0.717) is 10.6 Å². The molecule has 0 aromatic heterocycles. The van der Waals surface area contributed by atoms with E-state index in [0.717, 1.165) is 5.56 Å². The molecule has 1 atom stereocenters. The van der Waals surface area contributed by atoms with Crippen molar-refractivity contribution in [2.75, 3.05) is 7.11 Å². The van der Waals surface area contributed by atoms with Crippen LogP contribution in [0.1, 0.15) is 40.1 Å². The first-order valence-corrected chi connectivity index (χ1v) is 9.42. The summed E-state index contributed by atoms with van der Waals surface area (Å²) in [5.41, 5.74) is 6.20. The predicted octanol–water partition coefficient (Wildman–Crippen LogP) is 2.87. The number of hydrazine groups is 1. The fourth-order valence-electron chi connectivity index (χ4n) is 2.70. The van der Waals surface area contributed by atoms with E-state index in [1.165, 1.54) is 19.2 Å². The number of hydrogen-bond donors (Lipinski definition) is 3. The average Bonchev–Trinajstić information content (AvgIpc) is 2.69. The molecule has 0 heterocycles. The van der Waals surface area contributed by atoms with Crippen LogP contribution in [-0.4, -0.2) is 30.9 Å². The van der Waals surface area contributed by atoms with Gasteiger partial charge in [-0.2, -0.15) is 0 Å². The van der Waals surface area contributed by atoms with Gasteiger partial charge in [0.15, 0.2) is 0 Å². The Kier molecular flexibility index (Phi) is 7.61. The molecule has 0 unspecified atom stereocenters. The summed E-state index contributed by atoms with van der Waals surface area (Å²) in [6.45, 7) is 5.41. The number of benzene rings is 2. The Morgan fingerprint density at radius 1 is 0.966 bits per heavy atom. The topological polar surface area (TPSA) is 96.5 Å². The molecule has 0 aliphatic heterocycles. The standard InChI is InChI=1S/C21H24ClN3O4/c1-12(2)18(23-19(26)15-8-6-5-7-13(15)3)21(28)25-24-20(27)16-10-9-14(22)11-17(16)29-4/h5-12,18H,1-4H3,(H,23,26)(H,24,27)(H,25,28)/t18-/m0/s1. The van der Waals surface area contributed by atoms with Crippen LogP contribution in [0.4, 0.5) is 0 Å². The minimum Gasteiger partial charge on any atom is -0.496 e. The molecule has 2 rings (SSSR count). The van der Waals surface area contributed by atoms with E-state index in [4.69, 9.17) is 16.3 Å². The first-order chi connectivity index (χ1) is 13.7. The number of carbonyl (C=O) groups excluding carboxylic acids is 3. The molecule has 0 saturated carbocycles. The number of halogens is 1. The molecule has 0 radical (unpaired) electrons. The second-order valence-corrected chi connectivity index (χ2v) is 7.23. The van der Waals surface area contributed by atoms with Crippen LogP contribution in [0.25, 0.3) is 0 Å². The van der Waals surface area contributed by atoms with Crippen LogP contribution < -0.4 is 20.9 Å². The zero-order valence-corrected chi connectivity index (χ0v) is 17.5. The average molecular weight is 418 g/mol. The molecule has 3 N–H and O–H groups in total. The minimum atomic E-state index is -0.838. The van der Waals surface area contributed by atoms with Crippen molar-refractivity contribution in [1.29, 1.82) is 0 Å². The summed E-state index contributed by atoms with van der Waals surface area (Å²) in [7, 11) is 1.41. The van der Waals surface area contributed by atoms with Crippen LogP contribution in [0.2, 0.25) is 5.02 Å². The van der Waals surface area contributed by atoms with Gasteiger partial charge >= 0.3 is 0 Å². The van der Waals surface area contributed by atoms with Crippen LogP contribution >= 0.6 is 11.6 Å². The molecular formula is C21H24ClN3O4. The first-order valence-electron chi connectivity index (χ1n) is 9.04. The van der Waals surface area contributed by atoms with Gasteiger partial charge in [-0.1, -0.05) is 43.6 Å². The van der Waals surface area contributed by atoms with E-state index >= 15 is 0 Å². The van der Waals surface area contributed by atoms with E-state index in [1.54, 1.807) is 32.0 Å². The van der Waals surface area contributed by atoms with Gasteiger partial charge in [0, 0.05) is 10.6 Å². The minimum absolute atomic E-state index is 0.204. The Morgan fingerprint density at radius 3 is 2.28 bits per heavy atom. The molecular weight excluding hydrogens is 394 g/mol. The van der Waals surface area contributed by atoms with Crippen LogP contribution in [0.5, 0.6) is 5.75 Å². The molecule has 0 saturated heterocycles. The second kappa shape index (κ2) is 9.93. The maximum Gasteiger partial charge on any atom is 0.273 e. The summed E-state index contributed by atoms with van der Waals surface area (Å²) >= 11 is 5.89. The molecule has 0 spiro atoms. The Bertz CT molecular complexity index is 915. The summed E-state index contributed by atoms with van der Waals surface area (Å²) in [5, 5.41) is 3.14. The van der Waals surface area contributed by atoms with Gasteiger partial charge in [-0.05, 0) is 42.7 Å². The molecule has 0 aliphatic carbocycles. The van der Waals surface area contributed by atoms with Crippen molar-refractivity contribution in [3.8, 4) is 5.75 Å². The quantitative estimate of drug-likeness (QED) is 0.629. The van der Waals surface area contributed by atoms with Crippen molar-refractivity contribution < 1.29 is 19.1 Å². The van der Waals surface area contributed by atoms with Gasteiger partial charge in [-0.25, -0.2) is 0 Å². The fraction of sp³-hybridized carbons (Fsp3) is 0.286. The van der Waals surface area contributed by atoms with Gasteiger partial charge in [0.05, 0.1) is 12.7 Å². The van der Waals surface area contributed by atoms with E-state index in [1.807, 2.05) is 19.1 Å². The van der Waals surface area contributed by atoms with Gasteiger partial charge in [-0.15, -0.1) is 0 Å². The zero-order valence-electron chi connectivity index (χ0n) is 16.7. The fourth-order valence-corrected chi connectivity index (χ4v) is 2.86. The van der Waals surface area contributed by atoms with Crippen molar-refractivity contribution in [2.24, 2.45) is 5.92 Å². The lowest BCUT2D eigenvalue weighted by molar-refractivity contribution is -0.124. The number of hydrogen-bond acceptors (Lipinski definition) is 4. The first kappa shape index (κ1) is 22.2. The highest BCUT2D eigenvalue weighted by Crippen LogP contribution is 2.22. The number of methoxy groups -OCH3 is 1. The van der Waals surface area contributed by atoms with Crippen LogP contribution in [0.15, 0.2) is 42.5 Å². The third-order valence-corrected chi connectivity index (χ3v) is 4.57. The van der Waals surface area contributed by atoms with Crippen molar-refractivity contribution in [2.45, 2.75) is 26.8 Å². The Balaban J connectivity index is 2.05. The van der Waals surface area contributed by atoms with Gasteiger partial charge in [0.2, 0.25) is 0 Å². The molecule has 7 nitrogen and oxygen atoms in total. The highest BCUT2D eigenvalue weighted by molar-refractivity contribution is 6.30. The SMILES string of the molecule is COc1cc(Cl)ccc1C(=O)NNC(=O)[C@@H](NC(=O)c1ccccc1C)C(C)C. The lowest BCUT2D eigenvalue weighted by Crippen LogP contribution is -2.54. The zero-order chi connectivity index (χ0) is 21.6. The number of ether oxygens (including phenoxy) is 1. The Morgan fingerprint density at radius 2 is 1.66 bits per heavy atom. The molecule has 0 fully saturated rings. The number of carbonyl (C=O) groups is 3. The van der Waals surface area contributed by atoms with Crippen LogP contribution in [0.3, 0.4) is 0 Å². The van der Waals surface area contributed by atoms with Gasteiger partial charge < -0.3 is 10.1 Å². The van der Waals surface area contributed by atoms with E-state index in [2.05, 4.69) is 16.2 Å². The molecule has 2 aromatic carbocycles. The molecule has 0 aliphatic rings. The molecule has 2 aromatic rings. The summed E-state index contributed by atoms with van der Waals surface area (Å²) in [5.74, 6) is -1.40. The monoisotopic (exact) mass is 417 g/mol. The van der Waals surface area contributed by atoms with E-state index in [9.17, 15) is 14.4 Å². The van der Waals surface area contributed by atoms with Crippen LogP contribution in [0, 0.1) is 12.8 Å². The summed E-state index contributed by atoms with van der Waals surface area (Å²) in [4.78, 5) is 37.5. The molecule has 154 valence electrons. The number of nitrogens with one attached hydrogen (secondary N) is 3. The van der Waals surface area contributed by atoms with Gasteiger partial charge in [0.1, 0.15) is 11.8 Å². The Hall–Kier alpha value is -3.06. The maximum absolute atomic E-state index is 12.6. The largest absolute Gasteiger partial charge is 0.496 e. The Labute approximate surface area is 174 Å². The molecule has 29 heavy (non-hydrogen) atoms. The van der Waals surface area contributed by atoms with Crippen molar-refractivity contribution >= 4 is 29.3 Å². The van der Waals surface area contributed by atoms with E-state index < -0.39 is 17.9 Å². The summed E-state index contributed by atoms with van der Waals surface area (Å²) in [6, 6.07) is 10.8. The molecule has 8 heteroatoms. The van der Waals surface area contributed by atoms with Crippen molar-refractivity contribution in [3.63, 3.8) is 0 Å². The van der Waals surface area contributed by atoms with Crippen molar-refractivity contribution in [3.05, 3.63) is 64.2 Å². The molecule has 0 bridgehead atoms. The third-order valence-electron chi connectivity index (χ3n) is 4.33. The summed E-state index contributed by atoms with van der Waals surface area (Å²) < 4.78 is 5.14. The smallest absolute Gasteiger partial charge is 0.273 e. The van der Waals surface area contributed by atoms with E-state index in [-0.39, 0.29) is 23.1 Å². The predicted molar refractivity (Wildman–Crippen MR) is 111 cm³/mol. The van der Waals surface area contributed by atoms with Crippen molar-refractivity contribution in [1.82, 2.24) is 16.2 Å². The van der Waals surface area contributed by atoms with Gasteiger partial charge in [0.25, 0.3) is 17.7 Å². The summed E-state index contributed by atoms with van der Waals surface area (Å²) in [6.07, 6.45) is 0. The normalized spacial score (nSPS) is 11.5.